The fourth-order valence-corrected chi connectivity index (χ4v) is 7.71. The standard InChI is InChI=1S/C48H95NO4/c1-6-11-14-17-22-29-37-45(36-9-4)52-47(50)40-32-25-20-27-34-43-49(42-10-5)44-35-28-21-26-33-41-48(51)53-46(38-30-23-18-15-12-7-2)39-31-24-19-16-13-8-3/h45-46H,6-44H2,1-5H3. The summed E-state index contributed by atoms with van der Waals surface area (Å²) in [4.78, 5) is 27.9. The lowest BCUT2D eigenvalue weighted by molar-refractivity contribution is -0.151. The van der Waals surface area contributed by atoms with Gasteiger partial charge in [-0.1, -0.05) is 176 Å². The van der Waals surface area contributed by atoms with Gasteiger partial charge in [0.05, 0.1) is 0 Å². The van der Waals surface area contributed by atoms with E-state index in [2.05, 4.69) is 39.5 Å². The highest BCUT2D eigenvalue weighted by atomic mass is 16.5. The Morgan fingerprint density at radius 3 is 1.02 bits per heavy atom. The van der Waals surface area contributed by atoms with Gasteiger partial charge in [-0.05, 0) is 96.7 Å². The molecule has 53 heavy (non-hydrogen) atoms. The number of ether oxygens (including phenoxy) is 2. The molecule has 0 aromatic rings. The molecular formula is C48H95NO4. The highest BCUT2D eigenvalue weighted by molar-refractivity contribution is 5.69. The first-order valence-corrected chi connectivity index (χ1v) is 24.1. The van der Waals surface area contributed by atoms with Crippen LogP contribution in [0.3, 0.4) is 0 Å². The third-order valence-corrected chi connectivity index (χ3v) is 11.1. The van der Waals surface area contributed by atoms with Crippen molar-refractivity contribution in [2.24, 2.45) is 0 Å². The van der Waals surface area contributed by atoms with Gasteiger partial charge in [0.1, 0.15) is 12.2 Å². The molecule has 0 saturated heterocycles. The molecule has 0 spiro atoms. The van der Waals surface area contributed by atoms with E-state index in [0.717, 1.165) is 57.8 Å². The van der Waals surface area contributed by atoms with E-state index < -0.39 is 0 Å². The van der Waals surface area contributed by atoms with Crippen LogP contribution in [0.4, 0.5) is 0 Å². The van der Waals surface area contributed by atoms with E-state index in [0.29, 0.717) is 12.8 Å². The maximum Gasteiger partial charge on any atom is 0.306 e. The van der Waals surface area contributed by atoms with Crippen molar-refractivity contribution in [3.05, 3.63) is 0 Å². The molecule has 5 heteroatoms. The van der Waals surface area contributed by atoms with Crippen molar-refractivity contribution in [2.45, 2.75) is 278 Å². The van der Waals surface area contributed by atoms with Crippen LogP contribution >= 0.6 is 0 Å². The molecule has 0 heterocycles. The third kappa shape index (κ3) is 37.6. The van der Waals surface area contributed by atoms with Gasteiger partial charge in [0.2, 0.25) is 0 Å². The number of carbonyl (C=O) groups is 2. The van der Waals surface area contributed by atoms with Gasteiger partial charge in [-0.3, -0.25) is 9.59 Å². The number of carbonyl (C=O) groups excluding carboxylic acids is 2. The third-order valence-electron chi connectivity index (χ3n) is 11.1. The molecule has 0 radical (unpaired) electrons. The Morgan fingerprint density at radius 2 is 0.660 bits per heavy atom. The summed E-state index contributed by atoms with van der Waals surface area (Å²) in [5.74, 6) is 0.0650. The van der Waals surface area contributed by atoms with Crippen LogP contribution in [0.15, 0.2) is 0 Å². The summed E-state index contributed by atoms with van der Waals surface area (Å²) in [5, 5.41) is 0. The van der Waals surface area contributed by atoms with Crippen LogP contribution in [-0.4, -0.2) is 48.7 Å². The van der Waals surface area contributed by atoms with E-state index in [-0.39, 0.29) is 24.1 Å². The maximum absolute atomic E-state index is 12.7. The topological polar surface area (TPSA) is 55.8 Å². The van der Waals surface area contributed by atoms with Crippen LogP contribution in [0.5, 0.6) is 0 Å². The average Bonchev–Trinajstić information content (AvgIpc) is 3.14. The van der Waals surface area contributed by atoms with E-state index in [1.54, 1.807) is 0 Å². The number of hydrogen-bond donors (Lipinski definition) is 0. The minimum atomic E-state index is 0.0229. The summed E-state index contributed by atoms with van der Waals surface area (Å²) in [7, 11) is 0. The molecular weight excluding hydrogens is 655 g/mol. The van der Waals surface area contributed by atoms with Gasteiger partial charge in [0.15, 0.2) is 0 Å². The summed E-state index contributed by atoms with van der Waals surface area (Å²) in [6.45, 7) is 14.9. The number of nitrogens with zero attached hydrogens (tertiary/aromatic N) is 1. The van der Waals surface area contributed by atoms with Gasteiger partial charge in [0.25, 0.3) is 0 Å². The quantitative estimate of drug-likeness (QED) is 0.0459. The number of esters is 2. The average molecular weight is 750 g/mol. The Morgan fingerprint density at radius 1 is 0.340 bits per heavy atom. The zero-order valence-electron chi connectivity index (χ0n) is 36.8. The zero-order valence-corrected chi connectivity index (χ0v) is 36.8. The first kappa shape index (κ1) is 51.9. The molecule has 316 valence electrons. The van der Waals surface area contributed by atoms with Crippen molar-refractivity contribution in [3.8, 4) is 0 Å². The highest BCUT2D eigenvalue weighted by Gasteiger charge is 2.15. The van der Waals surface area contributed by atoms with Crippen LogP contribution in [0.2, 0.25) is 0 Å². The van der Waals surface area contributed by atoms with Gasteiger partial charge in [-0.15, -0.1) is 0 Å². The Hall–Kier alpha value is -1.10. The Kier molecular flexibility index (Phi) is 41.2. The lowest BCUT2D eigenvalue weighted by Gasteiger charge is -2.21. The molecule has 0 aliphatic carbocycles. The molecule has 0 aliphatic rings. The normalized spacial score (nSPS) is 12.2. The number of unbranched alkanes of at least 4 members (excludes halogenated alkanes) is 23. The summed E-state index contributed by atoms with van der Waals surface area (Å²) in [6, 6.07) is 0. The smallest absolute Gasteiger partial charge is 0.306 e. The van der Waals surface area contributed by atoms with Crippen molar-refractivity contribution in [2.75, 3.05) is 19.6 Å². The molecule has 5 nitrogen and oxygen atoms in total. The number of rotatable bonds is 43. The monoisotopic (exact) mass is 750 g/mol. The van der Waals surface area contributed by atoms with E-state index in [1.165, 1.54) is 180 Å². The summed E-state index contributed by atoms with van der Waals surface area (Å²) >= 11 is 0. The molecule has 0 aromatic heterocycles. The van der Waals surface area contributed by atoms with Gasteiger partial charge < -0.3 is 14.4 Å². The van der Waals surface area contributed by atoms with Crippen molar-refractivity contribution in [3.63, 3.8) is 0 Å². The van der Waals surface area contributed by atoms with Gasteiger partial charge in [-0.25, -0.2) is 0 Å². The Balaban J connectivity index is 4.08. The molecule has 0 fully saturated rings. The minimum Gasteiger partial charge on any atom is -0.462 e. The first-order valence-electron chi connectivity index (χ1n) is 24.1. The van der Waals surface area contributed by atoms with E-state index in [9.17, 15) is 9.59 Å². The lowest BCUT2D eigenvalue weighted by Crippen LogP contribution is -2.27. The molecule has 0 rings (SSSR count). The minimum absolute atomic E-state index is 0.0229. The SMILES string of the molecule is CCCCCCCCC(CCC)OC(=O)CCCCCCCN(CCC)CCCCCCCC(=O)OC(CCCCCCCC)CCCCCCCC. The molecule has 0 aromatic carbocycles. The Bertz CT molecular complexity index is 742. The number of hydrogen-bond acceptors (Lipinski definition) is 5. The highest BCUT2D eigenvalue weighted by Crippen LogP contribution is 2.19. The maximum atomic E-state index is 12.7. The predicted octanol–water partition coefficient (Wildman–Crippen LogP) is 15.3. The predicted molar refractivity (Wildman–Crippen MR) is 231 cm³/mol. The largest absolute Gasteiger partial charge is 0.462 e. The van der Waals surface area contributed by atoms with Crippen LogP contribution in [0, 0.1) is 0 Å². The van der Waals surface area contributed by atoms with Crippen LogP contribution in [0.1, 0.15) is 266 Å². The van der Waals surface area contributed by atoms with Crippen molar-refractivity contribution in [1.82, 2.24) is 4.90 Å². The lowest BCUT2D eigenvalue weighted by atomic mass is 10.0. The molecule has 0 N–H and O–H groups in total. The second-order valence-corrected chi connectivity index (χ2v) is 16.6. The fourth-order valence-electron chi connectivity index (χ4n) is 7.71. The van der Waals surface area contributed by atoms with Crippen molar-refractivity contribution < 1.29 is 19.1 Å². The summed E-state index contributed by atoms with van der Waals surface area (Å²) < 4.78 is 11.9. The van der Waals surface area contributed by atoms with E-state index >= 15 is 0 Å². The molecule has 1 atom stereocenters. The van der Waals surface area contributed by atoms with Gasteiger partial charge in [-0.2, -0.15) is 0 Å². The fraction of sp³-hybridized carbons (Fsp3) is 0.958. The van der Waals surface area contributed by atoms with Gasteiger partial charge in [0, 0.05) is 12.8 Å². The van der Waals surface area contributed by atoms with Crippen LogP contribution < -0.4 is 0 Å². The summed E-state index contributed by atoms with van der Waals surface area (Å²) in [5.41, 5.74) is 0. The van der Waals surface area contributed by atoms with E-state index in [4.69, 9.17) is 9.47 Å². The van der Waals surface area contributed by atoms with Crippen LogP contribution in [0.25, 0.3) is 0 Å². The Labute approximate surface area is 332 Å². The van der Waals surface area contributed by atoms with Crippen molar-refractivity contribution in [1.29, 1.82) is 0 Å². The molecule has 1 unspecified atom stereocenters. The summed E-state index contributed by atoms with van der Waals surface area (Å²) in [6.07, 6.45) is 42.8. The molecule has 0 aliphatic heterocycles. The first-order chi connectivity index (χ1) is 26.0. The second kappa shape index (κ2) is 42.1. The van der Waals surface area contributed by atoms with Gasteiger partial charge >= 0.3 is 11.9 Å². The van der Waals surface area contributed by atoms with Crippen molar-refractivity contribution >= 4 is 11.9 Å². The molecule has 0 bridgehead atoms. The molecule has 0 saturated carbocycles. The van der Waals surface area contributed by atoms with E-state index in [1.807, 2.05) is 0 Å². The van der Waals surface area contributed by atoms with Crippen LogP contribution in [-0.2, 0) is 19.1 Å². The second-order valence-electron chi connectivity index (χ2n) is 16.6. The zero-order chi connectivity index (χ0) is 38.9. The molecule has 0 amide bonds.